The minimum atomic E-state index is -1.08. The molecular formula is C8H12O3. The average molecular weight is 156 g/mol. The number of carbonyl (C=O) groups excluding carboxylic acids is 1. The Morgan fingerprint density at radius 1 is 1.64 bits per heavy atom. The van der Waals surface area contributed by atoms with Gasteiger partial charge in [-0.25, -0.2) is 4.79 Å². The van der Waals surface area contributed by atoms with Crippen molar-refractivity contribution >= 4 is 5.97 Å². The standard InChI is InChI=1S/C8H12O3/c1-5-4-6(7(9)11-5)8(2,3)10/h4-5,10H,1-3H3/t5-/m1/s1. The highest BCUT2D eigenvalue weighted by molar-refractivity contribution is 5.92. The number of esters is 1. The maximum absolute atomic E-state index is 11.0. The van der Waals surface area contributed by atoms with Crippen LogP contribution < -0.4 is 0 Å². The number of hydrogen-bond acceptors (Lipinski definition) is 3. The zero-order chi connectivity index (χ0) is 8.65. The van der Waals surface area contributed by atoms with E-state index in [9.17, 15) is 9.90 Å². The minimum absolute atomic E-state index is 0.205. The molecule has 0 aromatic carbocycles. The van der Waals surface area contributed by atoms with Gasteiger partial charge in [0.25, 0.3) is 0 Å². The Bertz CT molecular complexity index is 210. The average Bonchev–Trinajstić information content (AvgIpc) is 2.08. The molecule has 0 spiro atoms. The van der Waals surface area contributed by atoms with Crippen LogP contribution in [-0.4, -0.2) is 22.8 Å². The molecule has 0 bridgehead atoms. The first-order valence-corrected chi connectivity index (χ1v) is 3.57. The van der Waals surface area contributed by atoms with Gasteiger partial charge in [-0.05, 0) is 26.8 Å². The van der Waals surface area contributed by atoms with Gasteiger partial charge in [-0.1, -0.05) is 0 Å². The van der Waals surface area contributed by atoms with Crippen molar-refractivity contribution in [1.29, 1.82) is 0 Å². The van der Waals surface area contributed by atoms with E-state index in [2.05, 4.69) is 0 Å². The van der Waals surface area contributed by atoms with Gasteiger partial charge in [0.2, 0.25) is 0 Å². The van der Waals surface area contributed by atoms with Crippen LogP contribution in [0.1, 0.15) is 20.8 Å². The van der Waals surface area contributed by atoms with E-state index in [4.69, 9.17) is 4.74 Å². The van der Waals surface area contributed by atoms with Gasteiger partial charge in [0.1, 0.15) is 6.10 Å². The third kappa shape index (κ3) is 1.60. The van der Waals surface area contributed by atoms with Crippen molar-refractivity contribution in [2.24, 2.45) is 0 Å². The Balaban J connectivity index is 2.88. The molecule has 0 saturated heterocycles. The third-order valence-corrected chi connectivity index (χ3v) is 1.57. The quantitative estimate of drug-likeness (QED) is 0.566. The summed E-state index contributed by atoms with van der Waals surface area (Å²) in [4.78, 5) is 11.0. The number of hydrogen-bond donors (Lipinski definition) is 1. The molecule has 0 unspecified atom stereocenters. The summed E-state index contributed by atoms with van der Waals surface area (Å²) in [5.74, 6) is -0.412. The molecule has 1 atom stereocenters. The topological polar surface area (TPSA) is 46.5 Å². The van der Waals surface area contributed by atoms with Crippen molar-refractivity contribution in [2.75, 3.05) is 0 Å². The smallest absolute Gasteiger partial charge is 0.337 e. The molecule has 11 heavy (non-hydrogen) atoms. The van der Waals surface area contributed by atoms with Crippen molar-refractivity contribution in [3.05, 3.63) is 11.6 Å². The molecule has 1 rings (SSSR count). The molecule has 0 fully saturated rings. The lowest BCUT2D eigenvalue weighted by Crippen LogP contribution is -2.25. The summed E-state index contributed by atoms with van der Waals surface area (Å²) in [6, 6.07) is 0. The lowest BCUT2D eigenvalue weighted by Gasteiger charge is -2.15. The predicted molar refractivity (Wildman–Crippen MR) is 39.9 cm³/mol. The highest BCUT2D eigenvalue weighted by Crippen LogP contribution is 2.23. The maximum atomic E-state index is 11.0. The van der Waals surface area contributed by atoms with Crippen LogP contribution in [0.15, 0.2) is 11.6 Å². The summed E-state index contributed by atoms with van der Waals surface area (Å²) < 4.78 is 4.81. The van der Waals surface area contributed by atoms with Gasteiger partial charge in [0, 0.05) is 0 Å². The van der Waals surface area contributed by atoms with Gasteiger partial charge in [0.15, 0.2) is 0 Å². The van der Waals surface area contributed by atoms with Gasteiger partial charge in [-0.15, -0.1) is 0 Å². The van der Waals surface area contributed by atoms with Gasteiger partial charge < -0.3 is 9.84 Å². The molecule has 1 heterocycles. The Morgan fingerprint density at radius 2 is 2.18 bits per heavy atom. The lowest BCUT2D eigenvalue weighted by atomic mass is 9.98. The highest BCUT2D eigenvalue weighted by atomic mass is 16.5. The van der Waals surface area contributed by atoms with Crippen LogP contribution in [0, 0.1) is 0 Å². The second-order valence-corrected chi connectivity index (χ2v) is 3.25. The first kappa shape index (κ1) is 8.27. The molecule has 3 nitrogen and oxygen atoms in total. The summed E-state index contributed by atoms with van der Waals surface area (Å²) >= 11 is 0. The van der Waals surface area contributed by atoms with E-state index in [1.807, 2.05) is 0 Å². The fourth-order valence-corrected chi connectivity index (χ4v) is 1.02. The van der Waals surface area contributed by atoms with E-state index in [0.29, 0.717) is 5.57 Å². The van der Waals surface area contributed by atoms with E-state index in [-0.39, 0.29) is 6.10 Å². The number of carbonyl (C=O) groups is 1. The SMILES string of the molecule is C[C@@H]1C=C(C(C)(C)O)C(=O)O1. The van der Waals surface area contributed by atoms with E-state index in [1.54, 1.807) is 26.8 Å². The van der Waals surface area contributed by atoms with Crippen LogP contribution in [0.5, 0.6) is 0 Å². The van der Waals surface area contributed by atoms with E-state index in [1.165, 1.54) is 0 Å². The van der Waals surface area contributed by atoms with Crippen molar-refractivity contribution in [3.8, 4) is 0 Å². The Labute approximate surface area is 65.7 Å². The maximum Gasteiger partial charge on any atom is 0.337 e. The Hall–Kier alpha value is -0.830. The van der Waals surface area contributed by atoms with Crippen LogP contribution in [-0.2, 0) is 9.53 Å². The van der Waals surface area contributed by atoms with Crippen molar-refractivity contribution in [1.82, 2.24) is 0 Å². The Morgan fingerprint density at radius 3 is 2.36 bits per heavy atom. The summed E-state index contributed by atoms with van der Waals surface area (Å²) in [5.41, 5.74) is -0.730. The van der Waals surface area contributed by atoms with Crippen molar-refractivity contribution in [3.63, 3.8) is 0 Å². The number of cyclic esters (lactones) is 1. The molecule has 62 valence electrons. The highest BCUT2D eigenvalue weighted by Gasteiger charge is 2.32. The van der Waals surface area contributed by atoms with Gasteiger partial charge in [0.05, 0.1) is 11.2 Å². The van der Waals surface area contributed by atoms with Crippen LogP contribution in [0.4, 0.5) is 0 Å². The van der Waals surface area contributed by atoms with Gasteiger partial charge >= 0.3 is 5.97 Å². The third-order valence-electron chi connectivity index (χ3n) is 1.57. The largest absolute Gasteiger partial charge is 0.455 e. The van der Waals surface area contributed by atoms with Crippen LogP contribution >= 0.6 is 0 Å². The molecule has 0 aliphatic carbocycles. The van der Waals surface area contributed by atoms with Crippen molar-refractivity contribution in [2.45, 2.75) is 32.5 Å². The number of ether oxygens (including phenoxy) is 1. The van der Waals surface area contributed by atoms with Crippen LogP contribution in [0.3, 0.4) is 0 Å². The Kier molecular flexibility index (Phi) is 1.76. The zero-order valence-electron chi connectivity index (χ0n) is 6.92. The molecule has 0 amide bonds. The number of rotatable bonds is 1. The fraction of sp³-hybridized carbons (Fsp3) is 0.625. The summed E-state index contributed by atoms with van der Waals surface area (Å²) in [5, 5.41) is 9.44. The van der Waals surface area contributed by atoms with E-state index in [0.717, 1.165) is 0 Å². The van der Waals surface area contributed by atoms with E-state index >= 15 is 0 Å². The minimum Gasteiger partial charge on any atom is -0.455 e. The molecular weight excluding hydrogens is 144 g/mol. The fourth-order valence-electron chi connectivity index (χ4n) is 1.02. The molecule has 0 saturated carbocycles. The first-order chi connectivity index (χ1) is 4.91. The summed E-state index contributed by atoms with van der Waals surface area (Å²) in [6.07, 6.45) is 1.44. The zero-order valence-corrected chi connectivity index (χ0v) is 6.92. The second-order valence-electron chi connectivity index (χ2n) is 3.25. The van der Waals surface area contributed by atoms with Crippen LogP contribution in [0.2, 0.25) is 0 Å². The first-order valence-electron chi connectivity index (χ1n) is 3.57. The molecule has 1 N–H and O–H groups in total. The van der Waals surface area contributed by atoms with E-state index < -0.39 is 11.6 Å². The molecule has 3 heteroatoms. The summed E-state index contributed by atoms with van der Waals surface area (Å²) in [7, 11) is 0. The molecule has 0 aromatic heterocycles. The predicted octanol–water partition coefficient (Wildman–Crippen LogP) is 0.629. The monoisotopic (exact) mass is 156 g/mol. The molecule has 0 radical (unpaired) electrons. The number of aliphatic hydroxyl groups is 1. The van der Waals surface area contributed by atoms with Gasteiger partial charge in [-0.2, -0.15) is 0 Å². The lowest BCUT2D eigenvalue weighted by molar-refractivity contribution is -0.140. The second kappa shape index (κ2) is 2.34. The summed E-state index contributed by atoms with van der Waals surface area (Å²) in [6.45, 7) is 4.90. The van der Waals surface area contributed by atoms with Gasteiger partial charge in [-0.3, -0.25) is 0 Å². The molecule has 1 aliphatic heterocycles. The van der Waals surface area contributed by atoms with Crippen molar-refractivity contribution < 1.29 is 14.6 Å². The molecule has 0 aromatic rings. The van der Waals surface area contributed by atoms with Crippen LogP contribution in [0.25, 0.3) is 0 Å². The normalized spacial score (nSPS) is 24.9. The molecule has 1 aliphatic rings.